The Bertz CT molecular complexity index is 409. The molecule has 0 spiro atoms. The summed E-state index contributed by atoms with van der Waals surface area (Å²) in [6.45, 7) is 2.14. The Hall–Kier alpha value is -1.16. The zero-order valence-corrected chi connectivity index (χ0v) is 10.3. The maximum absolute atomic E-state index is 4.27. The van der Waals surface area contributed by atoms with Crippen molar-refractivity contribution in [2.45, 2.75) is 19.3 Å². The summed E-state index contributed by atoms with van der Waals surface area (Å²) < 4.78 is 1.76. The lowest BCUT2D eigenvalue weighted by atomic mass is 9.94. The molecule has 0 aromatic carbocycles. The predicted molar refractivity (Wildman–Crippen MR) is 66.4 cm³/mol. The SMILES string of the molecule is Cn1cnc(CCNCC2CC3C=CC2C3)n1. The number of nitrogens with zero attached hydrogens (tertiary/aromatic N) is 3. The zero-order chi connectivity index (χ0) is 11.7. The van der Waals surface area contributed by atoms with Crippen LogP contribution in [0.5, 0.6) is 0 Å². The normalized spacial score (nSPS) is 30.3. The summed E-state index contributed by atoms with van der Waals surface area (Å²) in [7, 11) is 1.91. The first-order chi connectivity index (χ1) is 8.31. The highest BCUT2D eigenvalue weighted by Crippen LogP contribution is 2.42. The van der Waals surface area contributed by atoms with Crippen LogP contribution in [0.25, 0.3) is 0 Å². The maximum Gasteiger partial charge on any atom is 0.151 e. The zero-order valence-electron chi connectivity index (χ0n) is 10.3. The monoisotopic (exact) mass is 232 g/mol. The van der Waals surface area contributed by atoms with E-state index in [1.165, 1.54) is 12.8 Å². The van der Waals surface area contributed by atoms with E-state index in [0.29, 0.717) is 0 Å². The summed E-state index contributed by atoms with van der Waals surface area (Å²) in [5.41, 5.74) is 0. The van der Waals surface area contributed by atoms with Crippen LogP contribution in [0.4, 0.5) is 0 Å². The van der Waals surface area contributed by atoms with E-state index in [1.807, 2.05) is 7.05 Å². The fourth-order valence-electron chi connectivity index (χ4n) is 3.12. The van der Waals surface area contributed by atoms with Gasteiger partial charge in [0.2, 0.25) is 0 Å². The van der Waals surface area contributed by atoms with E-state index in [-0.39, 0.29) is 0 Å². The van der Waals surface area contributed by atoms with E-state index in [2.05, 4.69) is 27.6 Å². The Balaban J connectivity index is 1.37. The van der Waals surface area contributed by atoms with Crippen molar-refractivity contribution in [2.75, 3.05) is 13.1 Å². The molecule has 3 unspecified atom stereocenters. The third-order valence-corrected chi connectivity index (χ3v) is 4.00. The van der Waals surface area contributed by atoms with Gasteiger partial charge in [-0.1, -0.05) is 12.2 Å². The van der Waals surface area contributed by atoms with Gasteiger partial charge in [-0.3, -0.25) is 4.68 Å². The Morgan fingerprint density at radius 3 is 3.00 bits per heavy atom. The minimum Gasteiger partial charge on any atom is -0.316 e. The third-order valence-electron chi connectivity index (χ3n) is 4.00. The minimum absolute atomic E-state index is 0.848. The smallest absolute Gasteiger partial charge is 0.151 e. The first-order valence-corrected chi connectivity index (χ1v) is 6.55. The molecule has 2 aliphatic carbocycles. The topological polar surface area (TPSA) is 42.7 Å². The molecule has 2 bridgehead atoms. The Labute approximate surface area is 102 Å². The lowest BCUT2D eigenvalue weighted by Gasteiger charge is -2.18. The fourth-order valence-corrected chi connectivity index (χ4v) is 3.12. The van der Waals surface area contributed by atoms with Crippen molar-refractivity contribution in [3.05, 3.63) is 24.3 Å². The van der Waals surface area contributed by atoms with E-state index in [9.17, 15) is 0 Å². The second-order valence-corrected chi connectivity index (χ2v) is 5.33. The summed E-state index contributed by atoms with van der Waals surface area (Å²) >= 11 is 0. The molecule has 1 heterocycles. The van der Waals surface area contributed by atoms with Crippen LogP contribution in [0.2, 0.25) is 0 Å². The molecule has 0 saturated heterocycles. The van der Waals surface area contributed by atoms with E-state index in [1.54, 1.807) is 11.0 Å². The van der Waals surface area contributed by atoms with Crippen LogP contribution in [-0.2, 0) is 13.5 Å². The molecule has 3 rings (SSSR count). The van der Waals surface area contributed by atoms with Gasteiger partial charge in [0.1, 0.15) is 6.33 Å². The van der Waals surface area contributed by atoms with Crippen molar-refractivity contribution in [2.24, 2.45) is 24.8 Å². The molecule has 0 amide bonds. The molecular weight excluding hydrogens is 212 g/mol. The van der Waals surface area contributed by atoms with Crippen LogP contribution in [0, 0.1) is 17.8 Å². The summed E-state index contributed by atoms with van der Waals surface area (Å²) in [6, 6.07) is 0. The first kappa shape index (κ1) is 11.0. The van der Waals surface area contributed by atoms with Gasteiger partial charge in [0.25, 0.3) is 0 Å². The van der Waals surface area contributed by atoms with Crippen LogP contribution >= 0.6 is 0 Å². The molecule has 1 fully saturated rings. The maximum atomic E-state index is 4.27. The van der Waals surface area contributed by atoms with Gasteiger partial charge in [-0.25, -0.2) is 4.98 Å². The lowest BCUT2D eigenvalue weighted by Crippen LogP contribution is -2.27. The number of hydrogen-bond acceptors (Lipinski definition) is 3. The largest absolute Gasteiger partial charge is 0.316 e. The average molecular weight is 232 g/mol. The van der Waals surface area contributed by atoms with Gasteiger partial charge in [0, 0.05) is 20.0 Å². The van der Waals surface area contributed by atoms with E-state index in [0.717, 1.165) is 43.1 Å². The molecule has 1 saturated carbocycles. The molecule has 92 valence electrons. The standard InChI is InChI=1S/C13H20N4/c1-17-9-15-13(16-17)4-5-14-8-12-7-10-2-3-11(12)6-10/h2-3,9-12,14H,4-8H2,1H3. The highest BCUT2D eigenvalue weighted by Gasteiger charge is 2.34. The Morgan fingerprint density at radius 1 is 1.41 bits per heavy atom. The predicted octanol–water partition coefficient (Wildman–Crippen LogP) is 1.16. The fraction of sp³-hybridized carbons (Fsp3) is 0.692. The molecule has 1 aromatic rings. The summed E-state index contributed by atoms with van der Waals surface area (Å²) in [6.07, 6.45) is 10.3. The quantitative estimate of drug-likeness (QED) is 0.612. The van der Waals surface area contributed by atoms with Gasteiger partial charge < -0.3 is 5.32 Å². The second-order valence-electron chi connectivity index (χ2n) is 5.33. The van der Waals surface area contributed by atoms with Gasteiger partial charge in [-0.2, -0.15) is 5.10 Å². The molecular formula is C13H20N4. The molecule has 0 aliphatic heterocycles. The molecule has 2 aliphatic rings. The molecule has 17 heavy (non-hydrogen) atoms. The number of nitrogens with one attached hydrogen (secondary N) is 1. The Morgan fingerprint density at radius 2 is 2.35 bits per heavy atom. The van der Waals surface area contributed by atoms with Gasteiger partial charge in [-0.05, 0) is 37.1 Å². The van der Waals surface area contributed by atoms with E-state index in [4.69, 9.17) is 0 Å². The highest BCUT2D eigenvalue weighted by atomic mass is 15.3. The van der Waals surface area contributed by atoms with Crippen LogP contribution < -0.4 is 5.32 Å². The molecule has 0 radical (unpaired) electrons. The lowest BCUT2D eigenvalue weighted by molar-refractivity contribution is 0.415. The third kappa shape index (κ3) is 2.41. The van der Waals surface area contributed by atoms with Crippen molar-refractivity contribution in [3.8, 4) is 0 Å². The summed E-state index contributed by atoms with van der Waals surface area (Å²) in [5, 5.41) is 7.82. The molecule has 1 aromatic heterocycles. The molecule has 4 heteroatoms. The van der Waals surface area contributed by atoms with Crippen LogP contribution in [0.15, 0.2) is 18.5 Å². The molecule has 4 nitrogen and oxygen atoms in total. The Kier molecular flexibility index (Phi) is 2.97. The number of aryl methyl sites for hydroxylation is 1. The number of fused-ring (bicyclic) bond motifs is 2. The first-order valence-electron chi connectivity index (χ1n) is 6.55. The number of rotatable bonds is 5. The molecule has 1 N–H and O–H groups in total. The van der Waals surface area contributed by atoms with Crippen LogP contribution in [0.1, 0.15) is 18.7 Å². The average Bonchev–Trinajstić information content (AvgIpc) is 3.00. The van der Waals surface area contributed by atoms with Gasteiger partial charge in [0.05, 0.1) is 0 Å². The summed E-state index contributed by atoms with van der Waals surface area (Å²) in [4.78, 5) is 4.22. The van der Waals surface area contributed by atoms with Crippen LogP contribution in [-0.4, -0.2) is 27.9 Å². The van der Waals surface area contributed by atoms with Crippen LogP contribution in [0.3, 0.4) is 0 Å². The van der Waals surface area contributed by atoms with Crippen molar-refractivity contribution >= 4 is 0 Å². The summed E-state index contributed by atoms with van der Waals surface area (Å²) in [5.74, 6) is 3.53. The van der Waals surface area contributed by atoms with Crippen molar-refractivity contribution < 1.29 is 0 Å². The highest BCUT2D eigenvalue weighted by molar-refractivity contribution is 5.10. The van der Waals surface area contributed by atoms with Gasteiger partial charge in [-0.15, -0.1) is 0 Å². The number of allylic oxidation sites excluding steroid dienone is 2. The molecule has 3 atom stereocenters. The van der Waals surface area contributed by atoms with Crippen molar-refractivity contribution in [3.63, 3.8) is 0 Å². The minimum atomic E-state index is 0.848. The van der Waals surface area contributed by atoms with Crippen molar-refractivity contribution in [1.82, 2.24) is 20.1 Å². The van der Waals surface area contributed by atoms with Crippen molar-refractivity contribution in [1.29, 1.82) is 0 Å². The van der Waals surface area contributed by atoms with E-state index >= 15 is 0 Å². The van der Waals surface area contributed by atoms with Gasteiger partial charge >= 0.3 is 0 Å². The number of hydrogen-bond donors (Lipinski definition) is 1. The van der Waals surface area contributed by atoms with E-state index < -0.39 is 0 Å². The second kappa shape index (κ2) is 4.61. The van der Waals surface area contributed by atoms with Gasteiger partial charge in [0.15, 0.2) is 5.82 Å². The number of aromatic nitrogens is 3.